The highest BCUT2D eigenvalue weighted by Crippen LogP contribution is 2.35. The Labute approximate surface area is 97.5 Å². The third-order valence-corrected chi connectivity index (χ3v) is 5.23. The molecule has 0 aromatic rings. The molecule has 3 heteroatoms. The summed E-state index contributed by atoms with van der Waals surface area (Å²) in [6.45, 7) is 10.5. The summed E-state index contributed by atoms with van der Waals surface area (Å²) in [6.07, 6.45) is 4.09. The van der Waals surface area contributed by atoms with E-state index in [0.29, 0.717) is 12.0 Å². The normalized spacial score (nSPS) is 24.4. The summed E-state index contributed by atoms with van der Waals surface area (Å²) >= 11 is -0.932. The Bertz CT molecular complexity index is 198. The van der Waals surface area contributed by atoms with Crippen LogP contribution in [0.2, 0.25) is 0 Å². The monoisotopic (exact) mass is 231 g/mol. The van der Waals surface area contributed by atoms with E-state index in [2.05, 4.69) is 18.6 Å². The summed E-state index contributed by atoms with van der Waals surface area (Å²) in [6, 6.07) is 0.357. The summed E-state index contributed by atoms with van der Waals surface area (Å²) in [5.74, 6) is 1.49. The molecule has 15 heavy (non-hydrogen) atoms. The van der Waals surface area contributed by atoms with Crippen LogP contribution in [0.4, 0.5) is 0 Å². The van der Waals surface area contributed by atoms with E-state index in [-0.39, 0.29) is 4.75 Å². The summed E-state index contributed by atoms with van der Waals surface area (Å²) in [5, 5.41) is 0. The molecule has 1 aliphatic rings. The van der Waals surface area contributed by atoms with E-state index in [4.69, 9.17) is 0 Å². The van der Waals surface area contributed by atoms with E-state index in [1.54, 1.807) is 0 Å². The SMILES string of the molecule is CC(C1CCC1)[C@H](C)N[S@+]([O-])C(C)(C)C. The lowest BCUT2D eigenvalue weighted by molar-refractivity contribution is 0.192. The van der Waals surface area contributed by atoms with Crippen LogP contribution in [0.15, 0.2) is 0 Å². The van der Waals surface area contributed by atoms with Crippen LogP contribution in [0.5, 0.6) is 0 Å². The fraction of sp³-hybridized carbons (Fsp3) is 1.00. The third-order valence-electron chi connectivity index (χ3n) is 3.53. The van der Waals surface area contributed by atoms with Crippen molar-refractivity contribution < 1.29 is 4.55 Å². The van der Waals surface area contributed by atoms with E-state index in [1.165, 1.54) is 19.3 Å². The van der Waals surface area contributed by atoms with Crippen LogP contribution in [0, 0.1) is 11.8 Å². The smallest absolute Gasteiger partial charge is 0.136 e. The summed E-state index contributed by atoms with van der Waals surface area (Å²) in [5.41, 5.74) is 0. The van der Waals surface area contributed by atoms with Gasteiger partial charge in [-0.3, -0.25) is 0 Å². The van der Waals surface area contributed by atoms with Crippen molar-refractivity contribution in [2.75, 3.05) is 0 Å². The molecule has 2 nitrogen and oxygen atoms in total. The van der Waals surface area contributed by atoms with Gasteiger partial charge < -0.3 is 4.55 Å². The quantitative estimate of drug-likeness (QED) is 0.755. The van der Waals surface area contributed by atoms with Crippen LogP contribution < -0.4 is 4.72 Å². The second-order valence-corrected chi connectivity index (χ2v) is 7.84. The zero-order valence-electron chi connectivity index (χ0n) is 10.7. The molecule has 1 rings (SSSR count). The van der Waals surface area contributed by atoms with Gasteiger partial charge in [0, 0.05) is 11.4 Å². The Morgan fingerprint density at radius 3 is 2.13 bits per heavy atom. The largest absolute Gasteiger partial charge is 0.598 e. The van der Waals surface area contributed by atoms with Crippen molar-refractivity contribution in [3.05, 3.63) is 0 Å². The van der Waals surface area contributed by atoms with E-state index in [0.717, 1.165) is 5.92 Å². The maximum atomic E-state index is 11.9. The highest BCUT2D eigenvalue weighted by atomic mass is 32.2. The Morgan fingerprint density at radius 2 is 1.80 bits per heavy atom. The van der Waals surface area contributed by atoms with Gasteiger partial charge in [-0.15, -0.1) is 4.72 Å². The maximum absolute atomic E-state index is 11.9. The summed E-state index contributed by atoms with van der Waals surface area (Å²) in [4.78, 5) is 0. The molecule has 1 N–H and O–H groups in total. The Balaban J connectivity index is 2.36. The van der Waals surface area contributed by atoms with Crippen molar-refractivity contribution in [3.8, 4) is 0 Å². The lowest BCUT2D eigenvalue weighted by Gasteiger charge is -2.36. The van der Waals surface area contributed by atoms with E-state index in [1.807, 2.05) is 20.8 Å². The van der Waals surface area contributed by atoms with Gasteiger partial charge in [0.05, 0.1) is 6.04 Å². The highest BCUT2D eigenvalue weighted by Gasteiger charge is 2.33. The van der Waals surface area contributed by atoms with Gasteiger partial charge >= 0.3 is 0 Å². The molecule has 1 fully saturated rings. The number of hydrogen-bond donors (Lipinski definition) is 1. The van der Waals surface area contributed by atoms with Crippen LogP contribution in [-0.2, 0) is 11.4 Å². The van der Waals surface area contributed by atoms with Gasteiger partial charge in [0.25, 0.3) is 0 Å². The fourth-order valence-corrected chi connectivity index (χ4v) is 2.73. The molecule has 1 unspecified atom stereocenters. The molecule has 0 amide bonds. The van der Waals surface area contributed by atoms with Gasteiger partial charge in [-0.2, -0.15) is 0 Å². The van der Waals surface area contributed by atoms with Crippen LogP contribution in [0.25, 0.3) is 0 Å². The van der Waals surface area contributed by atoms with Gasteiger partial charge in [-0.25, -0.2) is 0 Å². The summed E-state index contributed by atoms with van der Waals surface area (Å²) in [7, 11) is 0. The molecule has 0 aromatic carbocycles. The van der Waals surface area contributed by atoms with Crippen molar-refractivity contribution >= 4 is 11.4 Å². The first-order valence-electron chi connectivity index (χ1n) is 6.00. The Morgan fingerprint density at radius 1 is 1.27 bits per heavy atom. The molecule has 0 heterocycles. The molecule has 0 spiro atoms. The molecule has 0 bridgehead atoms. The lowest BCUT2D eigenvalue weighted by atomic mass is 9.74. The highest BCUT2D eigenvalue weighted by molar-refractivity contribution is 7.90. The van der Waals surface area contributed by atoms with Crippen molar-refractivity contribution in [2.24, 2.45) is 11.8 Å². The summed E-state index contributed by atoms with van der Waals surface area (Å²) < 4.78 is 15.0. The molecule has 0 aromatic heterocycles. The van der Waals surface area contributed by atoms with E-state index < -0.39 is 11.4 Å². The molecular weight excluding hydrogens is 206 g/mol. The predicted octanol–water partition coefficient (Wildman–Crippen LogP) is 2.86. The van der Waals surface area contributed by atoms with Gasteiger partial charge in [0.1, 0.15) is 4.75 Å². The molecular formula is C12H25NOS. The molecule has 3 atom stereocenters. The Kier molecular flexibility index (Phi) is 4.50. The molecule has 1 aliphatic carbocycles. The first kappa shape index (κ1) is 13.3. The third kappa shape index (κ3) is 3.65. The second kappa shape index (κ2) is 5.07. The number of nitrogens with one attached hydrogen (secondary N) is 1. The first-order chi connectivity index (χ1) is 6.82. The second-order valence-electron chi connectivity index (χ2n) is 5.84. The molecule has 1 saturated carbocycles. The number of hydrogen-bond acceptors (Lipinski definition) is 2. The van der Waals surface area contributed by atoms with Crippen LogP contribution in [0.1, 0.15) is 53.9 Å². The van der Waals surface area contributed by atoms with Crippen molar-refractivity contribution in [1.29, 1.82) is 0 Å². The fourth-order valence-electron chi connectivity index (χ4n) is 1.83. The first-order valence-corrected chi connectivity index (χ1v) is 7.15. The average Bonchev–Trinajstić information content (AvgIpc) is 1.98. The van der Waals surface area contributed by atoms with Crippen molar-refractivity contribution in [3.63, 3.8) is 0 Å². The minimum Gasteiger partial charge on any atom is -0.598 e. The topological polar surface area (TPSA) is 35.1 Å². The molecule has 0 aliphatic heterocycles. The zero-order chi connectivity index (χ0) is 11.6. The molecule has 0 radical (unpaired) electrons. The maximum Gasteiger partial charge on any atom is 0.136 e. The van der Waals surface area contributed by atoms with Crippen LogP contribution in [0.3, 0.4) is 0 Å². The van der Waals surface area contributed by atoms with Crippen LogP contribution in [-0.4, -0.2) is 15.3 Å². The Hall–Kier alpha value is 0.270. The van der Waals surface area contributed by atoms with E-state index >= 15 is 0 Å². The minimum absolute atomic E-state index is 0.159. The van der Waals surface area contributed by atoms with Crippen LogP contribution >= 0.6 is 0 Å². The van der Waals surface area contributed by atoms with Crippen molar-refractivity contribution in [2.45, 2.75) is 64.7 Å². The lowest BCUT2D eigenvalue weighted by Crippen LogP contribution is -2.47. The van der Waals surface area contributed by atoms with Crippen molar-refractivity contribution in [1.82, 2.24) is 4.72 Å². The van der Waals surface area contributed by atoms with Gasteiger partial charge in [-0.05, 0) is 39.5 Å². The zero-order valence-corrected chi connectivity index (χ0v) is 11.5. The van der Waals surface area contributed by atoms with Gasteiger partial charge in [-0.1, -0.05) is 26.2 Å². The number of rotatable bonds is 4. The molecule has 0 saturated heterocycles. The minimum atomic E-state index is -0.932. The predicted molar refractivity (Wildman–Crippen MR) is 67.0 cm³/mol. The average molecular weight is 231 g/mol. The molecule has 90 valence electrons. The van der Waals surface area contributed by atoms with Gasteiger partial charge in [0.15, 0.2) is 0 Å². The van der Waals surface area contributed by atoms with Gasteiger partial charge in [0.2, 0.25) is 0 Å². The van der Waals surface area contributed by atoms with E-state index in [9.17, 15) is 4.55 Å². The standard InChI is InChI=1S/C12H25NOS/c1-9(11-7-6-8-11)10(2)13-15(14)12(3,4)5/h9-11,13H,6-8H2,1-5H3/t9?,10-,15+/m0/s1.